The summed E-state index contributed by atoms with van der Waals surface area (Å²) in [6, 6.07) is 7.54. The van der Waals surface area contributed by atoms with Gasteiger partial charge in [0.15, 0.2) is 0 Å². The van der Waals surface area contributed by atoms with Gasteiger partial charge in [0.25, 0.3) is 0 Å². The number of hydrogen-bond donors (Lipinski definition) is 3. The number of nitrogens with one attached hydrogen (secondary N) is 3. The van der Waals surface area contributed by atoms with E-state index in [0.29, 0.717) is 44.0 Å². The van der Waals surface area contributed by atoms with Gasteiger partial charge < -0.3 is 25.0 Å². The number of hydrogen-bond acceptors (Lipinski definition) is 7. The predicted molar refractivity (Wildman–Crippen MR) is 123 cm³/mol. The SMILES string of the molecule is CC(C)(C)c1cc(NC(=O)NCc2ccncc2)ccc1S(=O)(=O)OC(=O)N1CCNCC1. The van der Waals surface area contributed by atoms with Gasteiger partial charge in [-0.1, -0.05) is 20.8 Å². The Bertz CT molecular complexity index is 1090. The van der Waals surface area contributed by atoms with E-state index in [-0.39, 0.29) is 4.90 Å². The zero-order chi connectivity index (χ0) is 24.1. The molecule has 0 radical (unpaired) electrons. The molecular weight excluding hydrogens is 446 g/mol. The molecule has 33 heavy (non-hydrogen) atoms. The normalized spacial score (nSPS) is 14.5. The highest BCUT2D eigenvalue weighted by molar-refractivity contribution is 7.87. The van der Waals surface area contributed by atoms with Crippen LogP contribution < -0.4 is 16.0 Å². The molecule has 10 nitrogen and oxygen atoms in total. The summed E-state index contributed by atoms with van der Waals surface area (Å²) < 4.78 is 30.8. The first-order chi connectivity index (χ1) is 15.6. The van der Waals surface area contributed by atoms with Crippen LogP contribution in [0.15, 0.2) is 47.6 Å². The summed E-state index contributed by atoms with van der Waals surface area (Å²) in [5, 5.41) is 8.54. The molecule has 3 amide bonds. The fraction of sp³-hybridized carbons (Fsp3) is 0.409. The standard InChI is InChI=1S/C22H29N5O5S/c1-22(2,3)18-14-17(26-20(28)25-15-16-6-8-23-9-7-16)4-5-19(18)33(30,31)32-21(29)27-12-10-24-11-13-27/h4-9,14,24H,10-13,15H2,1-3H3,(H2,25,26,28). The number of nitrogens with zero attached hydrogens (tertiary/aromatic N) is 2. The Morgan fingerprint density at radius 2 is 1.79 bits per heavy atom. The van der Waals surface area contributed by atoms with Gasteiger partial charge in [-0.15, -0.1) is 0 Å². The summed E-state index contributed by atoms with van der Waals surface area (Å²) in [4.78, 5) is 29.9. The van der Waals surface area contributed by atoms with E-state index < -0.39 is 27.7 Å². The molecule has 1 fully saturated rings. The summed E-state index contributed by atoms with van der Waals surface area (Å²) in [6.45, 7) is 7.73. The summed E-state index contributed by atoms with van der Waals surface area (Å²) in [7, 11) is -4.36. The third kappa shape index (κ3) is 6.65. The van der Waals surface area contributed by atoms with Crippen LogP contribution in [0.25, 0.3) is 0 Å². The average Bonchev–Trinajstić information content (AvgIpc) is 2.78. The van der Waals surface area contributed by atoms with Crippen LogP contribution in [0, 0.1) is 0 Å². The quantitative estimate of drug-likeness (QED) is 0.566. The van der Waals surface area contributed by atoms with Crippen molar-refractivity contribution in [1.82, 2.24) is 20.5 Å². The van der Waals surface area contributed by atoms with Crippen molar-refractivity contribution < 1.29 is 22.2 Å². The third-order valence-corrected chi connectivity index (χ3v) is 6.33. The molecule has 1 aliphatic rings. The maximum atomic E-state index is 13.0. The Labute approximate surface area is 193 Å². The zero-order valence-corrected chi connectivity index (χ0v) is 19.7. The number of carbonyl (C=O) groups excluding carboxylic acids is 2. The fourth-order valence-corrected chi connectivity index (χ4v) is 4.56. The topological polar surface area (TPSA) is 130 Å². The van der Waals surface area contributed by atoms with E-state index in [4.69, 9.17) is 4.18 Å². The van der Waals surface area contributed by atoms with Gasteiger partial charge in [-0.05, 0) is 46.9 Å². The molecule has 2 aromatic rings. The van der Waals surface area contributed by atoms with Gasteiger partial charge in [0.05, 0.1) is 0 Å². The fourth-order valence-electron chi connectivity index (χ4n) is 3.31. The van der Waals surface area contributed by atoms with Crippen molar-refractivity contribution in [3.63, 3.8) is 0 Å². The molecule has 0 atom stereocenters. The second-order valence-corrected chi connectivity index (χ2v) is 10.2. The number of pyridine rings is 1. The second kappa shape index (κ2) is 10.2. The zero-order valence-electron chi connectivity index (χ0n) is 18.9. The maximum absolute atomic E-state index is 13.0. The first-order valence-electron chi connectivity index (χ1n) is 10.6. The molecule has 3 N–H and O–H groups in total. The van der Waals surface area contributed by atoms with Gasteiger partial charge in [-0.25, -0.2) is 9.59 Å². The number of amides is 3. The minimum atomic E-state index is -4.36. The molecule has 0 aliphatic carbocycles. The Morgan fingerprint density at radius 3 is 2.42 bits per heavy atom. The number of urea groups is 1. The van der Waals surface area contributed by atoms with Crippen molar-refractivity contribution in [1.29, 1.82) is 0 Å². The van der Waals surface area contributed by atoms with Crippen LogP contribution in [0.2, 0.25) is 0 Å². The van der Waals surface area contributed by atoms with Crippen LogP contribution in [-0.2, 0) is 26.3 Å². The van der Waals surface area contributed by atoms with Gasteiger partial charge in [-0.3, -0.25) is 4.98 Å². The lowest BCUT2D eigenvalue weighted by Crippen LogP contribution is -2.47. The summed E-state index contributed by atoms with van der Waals surface area (Å²) in [5.41, 5.74) is 1.13. The maximum Gasteiger partial charge on any atom is 0.425 e. The Balaban J connectivity index is 1.75. The molecule has 0 bridgehead atoms. The van der Waals surface area contributed by atoms with Gasteiger partial charge in [0, 0.05) is 50.8 Å². The van der Waals surface area contributed by atoms with Crippen molar-refractivity contribution in [2.24, 2.45) is 0 Å². The van der Waals surface area contributed by atoms with Crippen LogP contribution in [0.1, 0.15) is 31.9 Å². The Kier molecular flexibility index (Phi) is 7.54. The van der Waals surface area contributed by atoms with E-state index in [1.807, 2.05) is 20.8 Å². The smallest absolute Gasteiger partial charge is 0.334 e. The molecule has 1 aromatic heterocycles. The average molecular weight is 476 g/mol. The van der Waals surface area contributed by atoms with Crippen molar-refractivity contribution in [3.05, 3.63) is 53.9 Å². The molecule has 1 aliphatic heterocycles. The molecule has 0 spiro atoms. The highest BCUT2D eigenvalue weighted by atomic mass is 32.2. The van der Waals surface area contributed by atoms with Crippen molar-refractivity contribution >= 4 is 27.9 Å². The highest BCUT2D eigenvalue weighted by Gasteiger charge is 2.31. The van der Waals surface area contributed by atoms with E-state index in [1.165, 1.54) is 17.0 Å². The first kappa shape index (κ1) is 24.5. The number of carbonyl (C=O) groups is 2. The monoisotopic (exact) mass is 475 g/mol. The van der Waals surface area contributed by atoms with Crippen LogP contribution in [0.4, 0.5) is 15.3 Å². The molecule has 1 saturated heterocycles. The Morgan fingerprint density at radius 1 is 1.12 bits per heavy atom. The van der Waals surface area contributed by atoms with E-state index >= 15 is 0 Å². The first-order valence-corrected chi connectivity index (χ1v) is 12.0. The van der Waals surface area contributed by atoms with E-state index in [1.54, 1.807) is 30.6 Å². The molecule has 0 saturated carbocycles. The predicted octanol–water partition coefficient (Wildman–Crippen LogP) is 2.43. The number of benzene rings is 1. The second-order valence-electron chi connectivity index (χ2n) is 8.66. The third-order valence-electron chi connectivity index (χ3n) is 5.07. The molecule has 1 aromatic carbocycles. The minimum absolute atomic E-state index is 0.110. The van der Waals surface area contributed by atoms with Gasteiger partial charge >= 0.3 is 22.2 Å². The molecule has 3 rings (SSSR count). The number of aromatic nitrogens is 1. The van der Waals surface area contributed by atoms with Gasteiger partial charge in [0.1, 0.15) is 4.90 Å². The highest BCUT2D eigenvalue weighted by Crippen LogP contribution is 2.32. The van der Waals surface area contributed by atoms with Crippen molar-refractivity contribution in [3.8, 4) is 0 Å². The lowest BCUT2D eigenvalue weighted by Gasteiger charge is -2.27. The Hall–Kier alpha value is -3.18. The van der Waals surface area contributed by atoms with Crippen LogP contribution in [-0.4, -0.2) is 56.6 Å². The lowest BCUT2D eigenvalue weighted by atomic mass is 9.87. The lowest BCUT2D eigenvalue weighted by molar-refractivity contribution is 0.148. The summed E-state index contributed by atoms with van der Waals surface area (Å²) in [6.07, 6.45) is 2.38. The summed E-state index contributed by atoms with van der Waals surface area (Å²) >= 11 is 0. The molecule has 0 unspecified atom stereocenters. The van der Waals surface area contributed by atoms with E-state index in [0.717, 1.165) is 5.56 Å². The number of rotatable bonds is 5. The van der Waals surface area contributed by atoms with Crippen LogP contribution >= 0.6 is 0 Å². The molecule has 2 heterocycles. The van der Waals surface area contributed by atoms with Crippen LogP contribution in [0.5, 0.6) is 0 Å². The van der Waals surface area contributed by atoms with Crippen molar-refractivity contribution in [2.45, 2.75) is 37.6 Å². The van der Waals surface area contributed by atoms with E-state index in [9.17, 15) is 18.0 Å². The largest absolute Gasteiger partial charge is 0.425 e. The minimum Gasteiger partial charge on any atom is -0.334 e. The van der Waals surface area contributed by atoms with Gasteiger partial charge in [-0.2, -0.15) is 8.42 Å². The molecule has 11 heteroatoms. The number of piperazine rings is 1. The molecule has 178 valence electrons. The van der Waals surface area contributed by atoms with Gasteiger partial charge in [0.2, 0.25) is 0 Å². The summed E-state index contributed by atoms with van der Waals surface area (Å²) in [5.74, 6) is 0. The molecular formula is C22H29N5O5S. The van der Waals surface area contributed by atoms with Crippen LogP contribution in [0.3, 0.4) is 0 Å². The van der Waals surface area contributed by atoms with Crippen molar-refractivity contribution in [2.75, 3.05) is 31.5 Å². The van der Waals surface area contributed by atoms with E-state index in [2.05, 4.69) is 20.9 Å². The number of anilines is 1.